The lowest BCUT2D eigenvalue weighted by molar-refractivity contribution is 0.236. The Bertz CT molecular complexity index is 443. The van der Waals surface area contributed by atoms with Crippen LogP contribution in [0.15, 0.2) is 29.0 Å². The molecule has 84 valence electrons. The third-order valence-corrected chi connectivity index (χ3v) is 2.11. The van der Waals surface area contributed by atoms with E-state index in [1.165, 1.54) is 0 Å². The summed E-state index contributed by atoms with van der Waals surface area (Å²) in [7, 11) is 0. The van der Waals surface area contributed by atoms with E-state index in [-0.39, 0.29) is 12.5 Å². The van der Waals surface area contributed by atoms with Gasteiger partial charge in [-0.3, -0.25) is 4.98 Å². The van der Waals surface area contributed by atoms with Crippen LogP contribution >= 0.6 is 0 Å². The predicted molar refractivity (Wildman–Crippen MR) is 55.4 cm³/mol. The van der Waals surface area contributed by atoms with Gasteiger partial charge in [0.1, 0.15) is 6.04 Å². The first kappa shape index (κ1) is 10.7. The second-order valence-electron chi connectivity index (χ2n) is 3.37. The van der Waals surface area contributed by atoms with E-state index in [1.54, 1.807) is 12.4 Å². The van der Waals surface area contributed by atoms with Gasteiger partial charge >= 0.3 is 0 Å². The van der Waals surface area contributed by atoms with Crippen LogP contribution in [0.4, 0.5) is 0 Å². The van der Waals surface area contributed by atoms with Crippen molar-refractivity contribution in [3.05, 3.63) is 41.8 Å². The van der Waals surface area contributed by atoms with Gasteiger partial charge in [-0.25, -0.2) is 0 Å². The standard InChI is InChI=1S/C10H12N4O2/c11-8(6-15)10-13-9(14-16-10)5-7-1-3-12-4-2-7/h1-4,8,15H,5-6,11H2. The van der Waals surface area contributed by atoms with E-state index in [2.05, 4.69) is 15.1 Å². The van der Waals surface area contributed by atoms with Gasteiger partial charge in [-0.1, -0.05) is 5.16 Å². The molecule has 2 aromatic rings. The first-order chi connectivity index (χ1) is 7.79. The highest BCUT2D eigenvalue weighted by Crippen LogP contribution is 2.09. The molecule has 0 aliphatic rings. The number of hydrogen-bond donors (Lipinski definition) is 2. The smallest absolute Gasteiger partial charge is 0.245 e. The van der Waals surface area contributed by atoms with Gasteiger partial charge in [-0.2, -0.15) is 4.98 Å². The van der Waals surface area contributed by atoms with Crippen LogP contribution in [0.1, 0.15) is 23.3 Å². The fourth-order valence-corrected chi connectivity index (χ4v) is 1.25. The second kappa shape index (κ2) is 4.82. The van der Waals surface area contributed by atoms with Crippen molar-refractivity contribution in [2.45, 2.75) is 12.5 Å². The molecule has 0 amide bonds. The summed E-state index contributed by atoms with van der Waals surface area (Å²) >= 11 is 0. The summed E-state index contributed by atoms with van der Waals surface area (Å²) in [5.41, 5.74) is 6.59. The molecule has 6 heteroatoms. The van der Waals surface area contributed by atoms with E-state index in [0.29, 0.717) is 12.2 Å². The first-order valence-electron chi connectivity index (χ1n) is 4.87. The highest BCUT2D eigenvalue weighted by molar-refractivity contribution is 5.14. The van der Waals surface area contributed by atoms with E-state index in [0.717, 1.165) is 5.56 Å². The van der Waals surface area contributed by atoms with Gasteiger partial charge in [0.15, 0.2) is 5.82 Å². The maximum atomic E-state index is 8.83. The number of hydrogen-bond acceptors (Lipinski definition) is 6. The molecule has 0 bridgehead atoms. The zero-order valence-electron chi connectivity index (χ0n) is 8.58. The van der Waals surface area contributed by atoms with Crippen LogP contribution in [0.5, 0.6) is 0 Å². The molecule has 16 heavy (non-hydrogen) atoms. The molecule has 0 spiro atoms. The highest BCUT2D eigenvalue weighted by atomic mass is 16.5. The molecule has 2 aromatic heterocycles. The molecule has 3 N–H and O–H groups in total. The molecule has 0 aromatic carbocycles. The predicted octanol–water partition coefficient (Wildman–Crippen LogP) is 0.0475. The third-order valence-electron chi connectivity index (χ3n) is 2.11. The third kappa shape index (κ3) is 2.41. The summed E-state index contributed by atoms with van der Waals surface area (Å²) in [6, 6.07) is 3.14. The Morgan fingerprint density at radius 2 is 2.12 bits per heavy atom. The summed E-state index contributed by atoms with van der Waals surface area (Å²) in [6.07, 6.45) is 3.97. The summed E-state index contributed by atoms with van der Waals surface area (Å²) in [5, 5.41) is 12.6. The minimum atomic E-state index is -0.612. The Labute approximate surface area is 92.1 Å². The van der Waals surface area contributed by atoms with Gasteiger partial charge in [0.05, 0.1) is 6.61 Å². The Hall–Kier alpha value is -1.79. The van der Waals surface area contributed by atoms with Crippen molar-refractivity contribution in [2.24, 2.45) is 5.73 Å². The lowest BCUT2D eigenvalue weighted by atomic mass is 10.2. The largest absolute Gasteiger partial charge is 0.394 e. The maximum absolute atomic E-state index is 8.83. The summed E-state index contributed by atoms with van der Waals surface area (Å²) < 4.78 is 4.93. The monoisotopic (exact) mass is 220 g/mol. The average Bonchev–Trinajstić information content (AvgIpc) is 2.78. The van der Waals surface area contributed by atoms with Crippen LogP contribution in [-0.4, -0.2) is 26.8 Å². The van der Waals surface area contributed by atoms with Gasteiger partial charge < -0.3 is 15.4 Å². The highest BCUT2D eigenvalue weighted by Gasteiger charge is 2.13. The van der Waals surface area contributed by atoms with E-state index in [9.17, 15) is 0 Å². The Morgan fingerprint density at radius 1 is 1.38 bits per heavy atom. The molecule has 2 rings (SSSR count). The summed E-state index contributed by atoms with van der Waals surface area (Å²) in [5.74, 6) is 0.802. The van der Waals surface area contributed by atoms with E-state index in [4.69, 9.17) is 15.4 Å². The van der Waals surface area contributed by atoms with Crippen LogP contribution in [-0.2, 0) is 6.42 Å². The molecule has 2 heterocycles. The maximum Gasteiger partial charge on any atom is 0.245 e. The summed E-state index contributed by atoms with van der Waals surface area (Å²) in [4.78, 5) is 8.01. The topological polar surface area (TPSA) is 98.1 Å². The Morgan fingerprint density at radius 3 is 2.81 bits per heavy atom. The van der Waals surface area contributed by atoms with E-state index >= 15 is 0 Å². The van der Waals surface area contributed by atoms with Crippen molar-refractivity contribution in [3.63, 3.8) is 0 Å². The van der Waals surface area contributed by atoms with Gasteiger partial charge in [-0.15, -0.1) is 0 Å². The Kier molecular flexibility index (Phi) is 3.23. The number of aliphatic hydroxyl groups is 1. The minimum Gasteiger partial charge on any atom is -0.394 e. The molecular formula is C10H12N4O2. The first-order valence-corrected chi connectivity index (χ1v) is 4.87. The molecule has 0 aliphatic heterocycles. The van der Waals surface area contributed by atoms with Crippen LogP contribution in [0.25, 0.3) is 0 Å². The lowest BCUT2D eigenvalue weighted by Gasteiger charge is -1.98. The zero-order chi connectivity index (χ0) is 11.4. The normalized spacial score (nSPS) is 12.6. The molecule has 1 unspecified atom stereocenters. The van der Waals surface area contributed by atoms with Crippen molar-refractivity contribution in [1.29, 1.82) is 0 Å². The fraction of sp³-hybridized carbons (Fsp3) is 0.300. The molecule has 0 radical (unpaired) electrons. The average molecular weight is 220 g/mol. The van der Waals surface area contributed by atoms with Crippen LogP contribution < -0.4 is 5.73 Å². The fourth-order valence-electron chi connectivity index (χ4n) is 1.25. The van der Waals surface area contributed by atoms with Crippen molar-refractivity contribution in [1.82, 2.24) is 15.1 Å². The number of rotatable bonds is 4. The molecular weight excluding hydrogens is 208 g/mol. The molecule has 6 nitrogen and oxygen atoms in total. The van der Waals surface area contributed by atoms with Crippen LogP contribution in [0.3, 0.4) is 0 Å². The van der Waals surface area contributed by atoms with Crippen molar-refractivity contribution >= 4 is 0 Å². The van der Waals surface area contributed by atoms with Crippen LogP contribution in [0, 0.1) is 0 Å². The number of nitrogens with two attached hydrogens (primary N) is 1. The second-order valence-corrected chi connectivity index (χ2v) is 3.37. The van der Waals surface area contributed by atoms with E-state index in [1.807, 2.05) is 12.1 Å². The number of aromatic nitrogens is 3. The van der Waals surface area contributed by atoms with E-state index < -0.39 is 6.04 Å². The SMILES string of the molecule is NC(CO)c1nc(Cc2ccncc2)no1. The minimum absolute atomic E-state index is 0.211. The molecule has 1 atom stereocenters. The van der Waals surface area contributed by atoms with Crippen molar-refractivity contribution < 1.29 is 9.63 Å². The van der Waals surface area contributed by atoms with Gasteiger partial charge in [0.2, 0.25) is 5.89 Å². The molecule has 0 aliphatic carbocycles. The summed E-state index contributed by atoms with van der Waals surface area (Å²) in [6.45, 7) is -0.211. The molecule has 0 saturated carbocycles. The van der Waals surface area contributed by atoms with Crippen molar-refractivity contribution in [2.75, 3.05) is 6.61 Å². The molecule has 0 fully saturated rings. The van der Waals surface area contributed by atoms with Crippen molar-refractivity contribution in [3.8, 4) is 0 Å². The zero-order valence-corrected chi connectivity index (χ0v) is 8.58. The van der Waals surface area contributed by atoms with Gasteiger partial charge in [0.25, 0.3) is 0 Å². The van der Waals surface area contributed by atoms with Crippen LogP contribution in [0.2, 0.25) is 0 Å². The Balaban J connectivity index is 2.09. The quantitative estimate of drug-likeness (QED) is 0.755. The number of pyridine rings is 1. The number of nitrogens with zero attached hydrogens (tertiary/aromatic N) is 3. The van der Waals surface area contributed by atoms with Gasteiger partial charge in [-0.05, 0) is 17.7 Å². The number of aliphatic hydroxyl groups excluding tert-OH is 1. The lowest BCUT2D eigenvalue weighted by Crippen LogP contribution is -2.14. The molecule has 0 saturated heterocycles. The van der Waals surface area contributed by atoms with Gasteiger partial charge in [0, 0.05) is 18.8 Å².